The molecule has 0 radical (unpaired) electrons. The summed E-state index contributed by atoms with van der Waals surface area (Å²) in [6.07, 6.45) is 2.30. The number of nitrogens with one attached hydrogen (secondary N) is 1. The van der Waals surface area contributed by atoms with Crippen molar-refractivity contribution < 1.29 is 19.1 Å². The number of benzene rings is 3. The molecule has 1 aromatic heterocycles. The van der Waals surface area contributed by atoms with Crippen molar-refractivity contribution in [2.45, 2.75) is 29.6 Å². The molecule has 0 spiro atoms. The van der Waals surface area contributed by atoms with Gasteiger partial charge < -0.3 is 10.4 Å². The van der Waals surface area contributed by atoms with Crippen molar-refractivity contribution in [2.24, 2.45) is 0 Å². The Morgan fingerprint density at radius 2 is 1.67 bits per heavy atom. The van der Waals surface area contributed by atoms with E-state index in [0.29, 0.717) is 24.5 Å². The van der Waals surface area contributed by atoms with Gasteiger partial charge in [-0.3, -0.25) is 4.79 Å². The first-order valence-electron chi connectivity index (χ1n) is 11.6. The van der Waals surface area contributed by atoms with E-state index in [0.717, 1.165) is 51.4 Å². The van der Waals surface area contributed by atoms with Gasteiger partial charge in [0, 0.05) is 27.8 Å². The zero-order valence-corrected chi connectivity index (χ0v) is 20.5. The number of nitrogens with zero attached hydrogens (tertiary/aromatic N) is 2. The Bertz CT molecular complexity index is 1340. The highest BCUT2D eigenvalue weighted by atomic mass is 32.2. The van der Waals surface area contributed by atoms with Gasteiger partial charge in [-0.15, -0.1) is 0 Å². The number of hydrogen-bond donors (Lipinski definition) is 2. The van der Waals surface area contributed by atoms with Crippen LogP contribution in [0.5, 0.6) is 0 Å². The molecular weight excluding hydrogens is 474 g/mol. The molecule has 5 rings (SSSR count). The molecule has 0 saturated heterocycles. The Morgan fingerprint density at radius 3 is 2.28 bits per heavy atom. The lowest BCUT2D eigenvalue weighted by Crippen LogP contribution is -2.42. The van der Waals surface area contributed by atoms with Gasteiger partial charge in [-0.2, -0.15) is 4.33 Å². The normalized spacial score (nSPS) is 14.1. The van der Waals surface area contributed by atoms with Crippen LogP contribution >= 0.6 is 12.0 Å². The van der Waals surface area contributed by atoms with Gasteiger partial charge in [-0.05, 0) is 54.8 Å². The molecule has 8 heteroatoms. The summed E-state index contributed by atoms with van der Waals surface area (Å²) in [6.45, 7) is 0. The number of aliphatic carboxylic acids is 1. The lowest BCUT2D eigenvalue weighted by Gasteiger charge is -2.38. The number of rotatable bonds is 9. The minimum atomic E-state index is -0.750. The molecule has 4 aromatic rings. The minimum Gasteiger partial charge on any atom is -0.481 e. The Labute approximate surface area is 213 Å². The van der Waals surface area contributed by atoms with E-state index in [2.05, 4.69) is 10.2 Å². The summed E-state index contributed by atoms with van der Waals surface area (Å²) < 4.78 is 4.92. The molecule has 1 aliphatic carbocycles. The molecule has 0 amide bonds. The van der Waals surface area contributed by atoms with Crippen LogP contribution in [-0.4, -0.2) is 28.2 Å². The van der Waals surface area contributed by atoms with Crippen molar-refractivity contribution in [1.82, 2.24) is 9.97 Å². The predicted octanol–water partition coefficient (Wildman–Crippen LogP) is 6.65. The van der Waals surface area contributed by atoms with Gasteiger partial charge >= 0.3 is 5.97 Å². The van der Waals surface area contributed by atoms with Crippen LogP contribution in [0.25, 0.3) is 22.6 Å². The Kier molecular flexibility index (Phi) is 6.99. The van der Waals surface area contributed by atoms with Crippen molar-refractivity contribution >= 4 is 29.5 Å². The summed E-state index contributed by atoms with van der Waals surface area (Å²) in [6, 6.07) is 27.2. The average molecular weight is 500 g/mol. The first kappa shape index (κ1) is 24.0. The highest BCUT2D eigenvalue weighted by molar-refractivity contribution is 7.94. The fourth-order valence-electron chi connectivity index (χ4n) is 4.31. The van der Waals surface area contributed by atoms with Crippen molar-refractivity contribution in [3.8, 4) is 22.6 Å². The van der Waals surface area contributed by atoms with Gasteiger partial charge in [-0.25, -0.2) is 14.9 Å². The topological polar surface area (TPSA) is 93.6 Å². The predicted molar refractivity (Wildman–Crippen MR) is 140 cm³/mol. The van der Waals surface area contributed by atoms with Crippen molar-refractivity contribution in [2.75, 3.05) is 12.4 Å². The second-order valence-electron chi connectivity index (χ2n) is 8.61. The highest BCUT2D eigenvalue weighted by Gasteiger charge is 2.45. The van der Waals surface area contributed by atoms with E-state index in [1.165, 1.54) is 7.11 Å². The van der Waals surface area contributed by atoms with Crippen molar-refractivity contribution in [3.63, 3.8) is 0 Å². The molecule has 0 bridgehead atoms. The van der Waals surface area contributed by atoms with Crippen LogP contribution in [0.15, 0.2) is 89.8 Å². The number of carbonyl (C=O) groups is 1. The second-order valence-corrected chi connectivity index (χ2v) is 9.39. The first-order valence-corrected chi connectivity index (χ1v) is 12.3. The smallest absolute Gasteiger partial charge is 0.314 e. The summed E-state index contributed by atoms with van der Waals surface area (Å²) >= 11 is 1.13. The molecule has 182 valence electrons. The Morgan fingerprint density at radius 1 is 0.944 bits per heavy atom. The van der Waals surface area contributed by atoms with E-state index >= 15 is 0 Å². The van der Waals surface area contributed by atoms with E-state index in [9.17, 15) is 9.90 Å². The first-order chi connectivity index (χ1) is 17.6. The molecule has 0 aliphatic heterocycles. The van der Waals surface area contributed by atoms with Crippen molar-refractivity contribution in [1.29, 1.82) is 0 Å². The number of anilines is 2. The lowest BCUT2D eigenvalue weighted by molar-refractivity contribution is -0.160. The zero-order valence-electron chi connectivity index (χ0n) is 19.7. The summed E-state index contributed by atoms with van der Waals surface area (Å²) in [5.74, 6) is 0.476. The maximum absolute atomic E-state index is 11.9. The fraction of sp³-hybridized carbons (Fsp3) is 0.179. The second kappa shape index (κ2) is 10.5. The molecule has 1 saturated carbocycles. The maximum atomic E-state index is 11.9. The third-order valence-corrected chi connectivity index (χ3v) is 7.10. The Balaban J connectivity index is 1.45. The molecule has 3 aromatic carbocycles. The standard InChI is InChI=1S/C28H25N3O4S/c1-34-35-36-23-14-8-20(9-15-23)26-30-24(19-6-3-2-4-7-19)18-25(31-26)29-22-12-10-21(11-13-22)28(27(32)33)16-5-17-28/h2-4,6-15,18H,5,16-17H2,1H3,(H,32,33)(H,29,30,31). The number of carboxylic acid groups (broad SMARTS) is 1. The zero-order chi connectivity index (χ0) is 25.0. The van der Waals surface area contributed by atoms with Crippen LogP contribution < -0.4 is 5.32 Å². The minimum absolute atomic E-state index is 0.582. The molecule has 0 atom stereocenters. The van der Waals surface area contributed by atoms with Crippen LogP contribution in [0.4, 0.5) is 11.5 Å². The highest BCUT2D eigenvalue weighted by Crippen LogP contribution is 2.44. The third-order valence-electron chi connectivity index (χ3n) is 6.43. The van der Waals surface area contributed by atoms with Gasteiger partial charge in [0.05, 0.1) is 30.3 Å². The van der Waals surface area contributed by atoms with Crippen LogP contribution in [0.3, 0.4) is 0 Å². The molecule has 0 unspecified atom stereocenters. The Hall–Kier alpha value is -3.72. The van der Waals surface area contributed by atoms with E-state index in [1.54, 1.807) is 0 Å². The molecule has 1 aliphatic rings. The quantitative estimate of drug-likeness (QED) is 0.150. The van der Waals surface area contributed by atoms with E-state index in [1.807, 2.05) is 84.9 Å². The molecular formula is C28H25N3O4S. The van der Waals surface area contributed by atoms with Gasteiger partial charge in [0.25, 0.3) is 0 Å². The van der Waals surface area contributed by atoms with Gasteiger partial charge in [0.2, 0.25) is 0 Å². The SMILES string of the molecule is COOSc1ccc(-c2nc(Nc3ccc(C4(C(=O)O)CCC4)cc3)cc(-c3ccccc3)n2)cc1. The molecule has 7 nitrogen and oxygen atoms in total. The summed E-state index contributed by atoms with van der Waals surface area (Å²) in [7, 11) is 1.46. The summed E-state index contributed by atoms with van der Waals surface area (Å²) in [5, 5.41) is 13.1. The van der Waals surface area contributed by atoms with E-state index < -0.39 is 11.4 Å². The third kappa shape index (κ3) is 4.97. The van der Waals surface area contributed by atoms with Crippen LogP contribution in [0, 0.1) is 0 Å². The van der Waals surface area contributed by atoms with E-state index in [-0.39, 0.29) is 0 Å². The monoisotopic (exact) mass is 499 g/mol. The van der Waals surface area contributed by atoms with Crippen LogP contribution in [0.1, 0.15) is 24.8 Å². The fourth-order valence-corrected chi connectivity index (χ4v) is 4.70. The largest absolute Gasteiger partial charge is 0.481 e. The van der Waals surface area contributed by atoms with Crippen LogP contribution in [0.2, 0.25) is 0 Å². The van der Waals surface area contributed by atoms with E-state index in [4.69, 9.17) is 14.3 Å². The summed E-state index contributed by atoms with van der Waals surface area (Å²) in [5.41, 5.74) is 3.55. The van der Waals surface area contributed by atoms with Gasteiger partial charge in [0.1, 0.15) is 5.82 Å². The maximum Gasteiger partial charge on any atom is 0.314 e. The van der Waals surface area contributed by atoms with Crippen molar-refractivity contribution in [3.05, 3.63) is 90.5 Å². The summed E-state index contributed by atoms with van der Waals surface area (Å²) in [4.78, 5) is 27.0. The molecule has 2 N–H and O–H groups in total. The molecule has 36 heavy (non-hydrogen) atoms. The van der Waals surface area contributed by atoms with Gasteiger partial charge in [0.15, 0.2) is 5.82 Å². The number of hydrogen-bond acceptors (Lipinski definition) is 7. The van der Waals surface area contributed by atoms with Crippen LogP contribution in [-0.2, 0) is 19.4 Å². The molecule has 1 fully saturated rings. The number of carboxylic acids is 1. The van der Waals surface area contributed by atoms with Gasteiger partial charge in [-0.1, -0.05) is 48.9 Å². The molecule has 1 heterocycles. The average Bonchev–Trinajstić information content (AvgIpc) is 2.88. The number of aromatic nitrogens is 2. The lowest BCUT2D eigenvalue weighted by atomic mass is 9.64.